The van der Waals surface area contributed by atoms with E-state index < -0.39 is 0 Å². The topological polar surface area (TPSA) is 35.6 Å². The first-order chi connectivity index (χ1) is 10.1. The lowest BCUT2D eigenvalue weighted by atomic mass is 10.0. The van der Waals surface area contributed by atoms with Crippen LogP contribution in [0.15, 0.2) is 24.3 Å². The van der Waals surface area contributed by atoms with Gasteiger partial charge in [0.1, 0.15) is 0 Å². The highest BCUT2D eigenvalue weighted by Crippen LogP contribution is 2.25. The summed E-state index contributed by atoms with van der Waals surface area (Å²) in [5, 5.41) is 4.01. The Kier molecular flexibility index (Phi) is 6.03. The van der Waals surface area contributed by atoms with Crippen LogP contribution in [0.5, 0.6) is 0 Å². The third-order valence-electron chi connectivity index (χ3n) is 4.01. The van der Waals surface area contributed by atoms with Crippen molar-refractivity contribution in [1.82, 2.24) is 15.1 Å². The van der Waals surface area contributed by atoms with E-state index in [-0.39, 0.29) is 11.9 Å². The molecular formula is C16H24ClN3O. The largest absolute Gasteiger partial charge is 0.339 e. The van der Waals surface area contributed by atoms with Crippen LogP contribution in [0.3, 0.4) is 0 Å². The van der Waals surface area contributed by atoms with Crippen LogP contribution in [-0.2, 0) is 4.79 Å². The van der Waals surface area contributed by atoms with Gasteiger partial charge in [-0.15, -0.1) is 0 Å². The zero-order chi connectivity index (χ0) is 15.2. The summed E-state index contributed by atoms with van der Waals surface area (Å²) in [5.74, 6) is 0.208. The fourth-order valence-electron chi connectivity index (χ4n) is 2.85. The number of hydrogen-bond donors (Lipinski definition) is 1. The third kappa shape index (κ3) is 4.43. The predicted molar refractivity (Wildman–Crippen MR) is 86.6 cm³/mol. The van der Waals surface area contributed by atoms with Crippen LogP contribution in [0.4, 0.5) is 0 Å². The SMILES string of the molecule is CCC(c1cccc(Cl)c1)N(C)CC(=O)N1CCNCC1. The molecule has 1 fully saturated rings. The monoisotopic (exact) mass is 309 g/mol. The molecule has 1 saturated heterocycles. The third-order valence-corrected chi connectivity index (χ3v) is 4.24. The molecular weight excluding hydrogens is 286 g/mol. The first-order valence-electron chi connectivity index (χ1n) is 7.56. The molecule has 0 radical (unpaired) electrons. The molecule has 0 saturated carbocycles. The molecule has 1 aliphatic heterocycles. The molecule has 1 amide bonds. The number of hydrogen-bond acceptors (Lipinski definition) is 3. The summed E-state index contributed by atoms with van der Waals surface area (Å²) >= 11 is 6.08. The average Bonchev–Trinajstić information content (AvgIpc) is 2.49. The second-order valence-electron chi connectivity index (χ2n) is 5.52. The van der Waals surface area contributed by atoms with E-state index in [0.717, 1.165) is 37.6 Å². The summed E-state index contributed by atoms with van der Waals surface area (Å²) in [6.45, 7) is 5.98. The van der Waals surface area contributed by atoms with E-state index >= 15 is 0 Å². The van der Waals surface area contributed by atoms with E-state index in [1.165, 1.54) is 5.56 Å². The Balaban J connectivity index is 1.99. The Hall–Kier alpha value is -1.10. The van der Waals surface area contributed by atoms with Gasteiger partial charge in [-0.3, -0.25) is 9.69 Å². The maximum absolute atomic E-state index is 12.4. The first kappa shape index (κ1) is 16.3. The van der Waals surface area contributed by atoms with Crippen LogP contribution >= 0.6 is 11.6 Å². The zero-order valence-electron chi connectivity index (χ0n) is 12.8. The van der Waals surface area contributed by atoms with Crippen molar-refractivity contribution in [3.63, 3.8) is 0 Å². The van der Waals surface area contributed by atoms with Crippen molar-refractivity contribution in [1.29, 1.82) is 0 Å². The molecule has 0 spiro atoms. The van der Waals surface area contributed by atoms with Gasteiger partial charge in [0.25, 0.3) is 0 Å². The Morgan fingerprint density at radius 3 is 2.76 bits per heavy atom. The van der Waals surface area contributed by atoms with Crippen molar-refractivity contribution in [3.05, 3.63) is 34.9 Å². The summed E-state index contributed by atoms with van der Waals surface area (Å²) in [7, 11) is 2.01. The Morgan fingerprint density at radius 1 is 1.43 bits per heavy atom. The highest BCUT2D eigenvalue weighted by atomic mass is 35.5. The van der Waals surface area contributed by atoms with Crippen molar-refractivity contribution < 1.29 is 4.79 Å². The molecule has 1 N–H and O–H groups in total. The van der Waals surface area contributed by atoms with Gasteiger partial charge in [-0.1, -0.05) is 30.7 Å². The lowest BCUT2D eigenvalue weighted by Gasteiger charge is -2.32. The van der Waals surface area contributed by atoms with Gasteiger partial charge in [0, 0.05) is 37.2 Å². The van der Waals surface area contributed by atoms with Crippen LogP contribution in [0.1, 0.15) is 24.9 Å². The lowest BCUT2D eigenvalue weighted by molar-refractivity contribution is -0.133. The smallest absolute Gasteiger partial charge is 0.236 e. The minimum atomic E-state index is 0.208. The Bertz CT molecular complexity index is 474. The molecule has 1 unspecified atom stereocenters. The maximum Gasteiger partial charge on any atom is 0.236 e. The minimum absolute atomic E-state index is 0.208. The Morgan fingerprint density at radius 2 is 2.14 bits per heavy atom. The molecule has 4 nitrogen and oxygen atoms in total. The summed E-state index contributed by atoms with van der Waals surface area (Å²) in [4.78, 5) is 16.4. The predicted octanol–water partition coefficient (Wildman–Crippen LogP) is 2.15. The van der Waals surface area contributed by atoms with Crippen LogP contribution in [-0.4, -0.2) is 55.5 Å². The van der Waals surface area contributed by atoms with Crippen molar-refractivity contribution in [2.24, 2.45) is 0 Å². The molecule has 1 aliphatic rings. The van der Waals surface area contributed by atoms with Crippen LogP contribution in [0, 0.1) is 0 Å². The summed E-state index contributed by atoms with van der Waals surface area (Å²) < 4.78 is 0. The van der Waals surface area contributed by atoms with Gasteiger partial charge in [-0.05, 0) is 31.2 Å². The van der Waals surface area contributed by atoms with Crippen LogP contribution in [0.25, 0.3) is 0 Å². The van der Waals surface area contributed by atoms with E-state index in [4.69, 9.17) is 11.6 Å². The van der Waals surface area contributed by atoms with E-state index in [0.29, 0.717) is 6.54 Å². The number of benzene rings is 1. The number of piperazine rings is 1. The van der Waals surface area contributed by atoms with Crippen molar-refractivity contribution in [3.8, 4) is 0 Å². The van der Waals surface area contributed by atoms with Gasteiger partial charge in [-0.2, -0.15) is 0 Å². The van der Waals surface area contributed by atoms with Crippen LogP contribution in [0.2, 0.25) is 5.02 Å². The molecule has 21 heavy (non-hydrogen) atoms. The van der Waals surface area contributed by atoms with Crippen LogP contribution < -0.4 is 5.32 Å². The number of likely N-dealkylation sites (N-methyl/N-ethyl adjacent to an activating group) is 1. The summed E-state index contributed by atoms with van der Waals surface area (Å²) in [6, 6.07) is 8.12. The average molecular weight is 310 g/mol. The van der Waals surface area contributed by atoms with Crippen molar-refractivity contribution in [2.45, 2.75) is 19.4 Å². The number of nitrogens with one attached hydrogen (secondary N) is 1. The number of rotatable bonds is 5. The number of amides is 1. The van der Waals surface area contributed by atoms with Gasteiger partial charge in [0.2, 0.25) is 5.91 Å². The van der Waals surface area contributed by atoms with Crippen molar-refractivity contribution >= 4 is 17.5 Å². The molecule has 0 aromatic heterocycles. The highest BCUT2D eigenvalue weighted by Gasteiger charge is 2.22. The number of halogens is 1. The number of carbonyl (C=O) groups excluding carboxylic acids is 1. The first-order valence-corrected chi connectivity index (χ1v) is 7.93. The molecule has 0 aliphatic carbocycles. The second-order valence-corrected chi connectivity index (χ2v) is 5.96. The lowest BCUT2D eigenvalue weighted by Crippen LogP contribution is -2.49. The molecule has 5 heteroatoms. The molecule has 1 atom stereocenters. The highest BCUT2D eigenvalue weighted by molar-refractivity contribution is 6.30. The van der Waals surface area contributed by atoms with Gasteiger partial charge >= 0.3 is 0 Å². The van der Waals surface area contributed by atoms with Crippen molar-refractivity contribution in [2.75, 3.05) is 39.8 Å². The standard InChI is InChI=1S/C16H24ClN3O/c1-3-15(13-5-4-6-14(17)11-13)19(2)12-16(21)20-9-7-18-8-10-20/h4-6,11,15,18H,3,7-10,12H2,1-2H3. The van der Waals surface area contributed by atoms with Gasteiger partial charge < -0.3 is 10.2 Å². The maximum atomic E-state index is 12.4. The molecule has 1 aromatic carbocycles. The fourth-order valence-corrected chi connectivity index (χ4v) is 3.05. The summed E-state index contributed by atoms with van der Waals surface area (Å²) in [6.07, 6.45) is 0.950. The van der Waals surface area contributed by atoms with E-state index in [1.54, 1.807) is 0 Å². The Labute approximate surface area is 132 Å². The van der Waals surface area contributed by atoms with Gasteiger partial charge in [-0.25, -0.2) is 0 Å². The molecule has 116 valence electrons. The number of carbonyl (C=O) groups is 1. The quantitative estimate of drug-likeness (QED) is 0.905. The van der Waals surface area contributed by atoms with E-state index in [1.807, 2.05) is 30.1 Å². The van der Waals surface area contributed by atoms with E-state index in [9.17, 15) is 4.79 Å². The molecule has 0 bridgehead atoms. The van der Waals surface area contributed by atoms with E-state index in [2.05, 4.69) is 23.2 Å². The minimum Gasteiger partial charge on any atom is -0.339 e. The molecule has 2 rings (SSSR count). The van der Waals surface area contributed by atoms with Gasteiger partial charge in [0.05, 0.1) is 6.54 Å². The van der Waals surface area contributed by atoms with Gasteiger partial charge in [0.15, 0.2) is 0 Å². The summed E-state index contributed by atoms with van der Waals surface area (Å²) in [5.41, 5.74) is 1.17. The fraction of sp³-hybridized carbons (Fsp3) is 0.562. The second kappa shape index (κ2) is 7.78. The molecule has 1 aromatic rings. The molecule has 1 heterocycles. The zero-order valence-corrected chi connectivity index (χ0v) is 13.6. The number of nitrogens with zero attached hydrogens (tertiary/aromatic N) is 2. The normalized spacial score (nSPS) is 17.0.